The van der Waals surface area contributed by atoms with Crippen molar-refractivity contribution in [3.05, 3.63) is 65.5 Å². The summed E-state index contributed by atoms with van der Waals surface area (Å²) in [5.41, 5.74) is 4.08. The first-order chi connectivity index (χ1) is 14.7. The Bertz CT molecular complexity index is 1020. The normalized spacial score (nSPS) is 14.7. The summed E-state index contributed by atoms with van der Waals surface area (Å²) in [5.74, 6) is 1.18. The highest BCUT2D eigenvalue weighted by atomic mass is 32.1. The second-order valence-corrected chi connectivity index (χ2v) is 8.55. The largest absolute Gasteiger partial charge is 0.339 e. The van der Waals surface area contributed by atoms with Crippen molar-refractivity contribution in [2.24, 2.45) is 0 Å². The number of amides is 1. The number of benzene rings is 2. The number of rotatable bonds is 7. The van der Waals surface area contributed by atoms with Crippen LogP contribution in [0.15, 0.2) is 48.5 Å². The van der Waals surface area contributed by atoms with Crippen molar-refractivity contribution in [2.75, 3.05) is 7.05 Å². The molecule has 4 nitrogen and oxygen atoms in total. The molecule has 0 bridgehead atoms. The molecule has 1 amide bonds. The summed E-state index contributed by atoms with van der Waals surface area (Å²) < 4.78 is 2.26. The van der Waals surface area contributed by atoms with E-state index in [1.807, 2.05) is 36.2 Å². The van der Waals surface area contributed by atoms with E-state index >= 15 is 0 Å². The number of imidazole rings is 1. The fourth-order valence-corrected chi connectivity index (χ4v) is 4.57. The molecule has 0 spiro atoms. The van der Waals surface area contributed by atoms with Crippen LogP contribution in [0.3, 0.4) is 0 Å². The Balaban J connectivity index is 1.52. The Labute approximate surface area is 183 Å². The lowest BCUT2D eigenvalue weighted by molar-refractivity contribution is 0.0696. The molecule has 0 unspecified atom stereocenters. The van der Waals surface area contributed by atoms with Crippen LogP contribution in [0.25, 0.3) is 11.0 Å². The van der Waals surface area contributed by atoms with Crippen molar-refractivity contribution >= 4 is 34.5 Å². The van der Waals surface area contributed by atoms with E-state index in [0.717, 1.165) is 54.6 Å². The van der Waals surface area contributed by atoms with Crippen molar-refractivity contribution in [1.29, 1.82) is 0 Å². The molecule has 1 fully saturated rings. The number of thiocarbonyl (C=S) groups is 1. The van der Waals surface area contributed by atoms with Crippen LogP contribution >= 0.6 is 12.2 Å². The first-order valence-corrected chi connectivity index (χ1v) is 11.4. The maximum atomic E-state index is 12.9. The summed E-state index contributed by atoms with van der Waals surface area (Å²) in [4.78, 5) is 19.7. The monoisotopic (exact) mass is 419 g/mol. The van der Waals surface area contributed by atoms with Gasteiger partial charge >= 0.3 is 0 Å². The Kier molecular flexibility index (Phi) is 6.58. The molecule has 4 rings (SSSR count). The molecule has 156 valence electrons. The minimum Gasteiger partial charge on any atom is -0.339 e. The summed E-state index contributed by atoms with van der Waals surface area (Å²) in [6.07, 6.45) is 7.66. The molecule has 3 aromatic rings. The van der Waals surface area contributed by atoms with Crippen LogP contribution in [0, 0.1) is 0 Å². The molecule has 30 heavy (non-hydrogen) atoms. The molecule has 1 aromatic heterocycles. The Morgan fingerprint density at radius 2 is 1.87 bits per heavy atom. The van der Waals surface area contributed by atoms with Crippen molar-refractivity contribution in [1.82, 2.24) is 14.5 Å². The minimum absolute atomic E-state index is 0.128. The smallest absolute Gasteiger partial charge is 0.253 e. The van der Waals surface area contributed by atoms with Crippen LogP contribution in [0.4, 0.5) is 0 Å². The lowest BCUT2D eigenvalue weighted by Crippen LogP contribution is -2.38. The van der Waals surface area contributed by atoms with Gasteiger partial charge in [-0.05, 0) is 54.5 Å². The van der Waals surface area contributed by atoms with Crippen LogP contribution < -0.4 is 0 Å². The van der Waals surface area contributed by atoms with E-state index in [9.17, 15) is 4.79 Å². The van der Waals surface area contributed by atoms with Crippen LogP contribution in [0.1, 0.15) is 60.3 Å². The van der Waals surface area contributed by atoms with Gasteiger partial charge in [0.25, 0.3) is 5.91 Å². The van der Waals surface area contributed by atoms with Gasteiger partial charge in [0.1, 0.15) is 5.82 Å². The van der Waals surface area contributed by atoms with E-state index in [4.69, 9.17) is 17.2 Å². The van der Waals surface area contributed by atoms with E-state index in [2.05, 4.69) is 28.8 Å². The van der Waals surface area contributed by atoms with E-state index in [1.165, 1.54) is 24.8 Å². The van der Waals surface area contributed by atoms with Gasteiger partial charge in [-0.15, -0.1) is 0 Å². The zero-order valence-electron chi connectivity index (χ0n) is 17.6. The third kappa shape index (κ3) is 4.46. The summed E-state index contributed by atoms with van der Waals surface area (Å²) in [6, 6.07) is 16.7. The molecular weight excluding hydrogens is 390 g/mol. The Morgan fingerprint density at radius 3 is 2.60 bits per heavy atom. The predicted molar refractivity (Wildman–Crippen MR) is 126 cm³/mol. The summed E-state index contributed by atoms with van der Waals surface area (Å²) in [5, 5.41) is 1.77. The van der Waals surface area contributed by atoms with E-state index < -0.39 is 0 Å². The van der Waals surface area contributed by atoms with Crippen molar-refractivity contribution in [3.8, 4) is 0 Å². The van der Waals surface area contributed by atoms with Gasteiger partial charge < -0.3 is 9.47 Å². The summed E-state index contributed by atoms with van der Waals surface area (Å²) >= 11 is 5.01. The highest BCUT2D eigenvalue weighted by Gasteiger charge is 2.23. The number of para-hydroxylation sites is 2. The van der Waals surface area contributed by atoms with E-state index in [1.54, 1.807) is 5.37 Å². The fourth-order valence-electron chi connectivity index (χ4n) is 4.45. The molecule has 5 heteroatoms. The average molecular weight is 420 g/mol. The number of carbonyl (C=O) groups is 1. The van der Waals surface area contributed by atoms with Crippen molar-refractivity contribution < 1.29 is 4.79 Å². The molecule has 1 saturated carbocycles. The molecule has 1 aliphatic rings. The molecule has 0 saturated heterocycles. The zero-order valence-corrected chi connectivity index (χ0v) is 18.4. The Morgan fingerprint density at radius 1 is 1.13 bits per heavy atom. The van der Waals surface area contributed by atoms with Crippen LogP contribution in [-0.4, -0.2) is 38.8 Å². The lowest BCUT2D eigenvalue weighted by atomic mass is 9.94. The molecule has 0 atom stereocenters. The topological polar surface area (TPSA) is 38.1 Å². The van der Waals surface area contributed by atoms with Gasteiger partial charge in [-0.2, -0.15) is 0 Å². The molecule has 0 aliphatic heterocycles. The number of hydrogen-bond acceptors (Lipinski definition) is 3. The number of fused-ring (bicyclic) bond motifs is 1. The number of aromatic nitrogens is 2. The summed E-state index contributed by atoms with van der Waals surface area (Å²) in [6.45, 7) is 0.736. The van der Waals surface area contributed by atoms with Gasteiger partial charge in [-0.3, -0.25) is 4.79 Å². The van der Waals surface area contributed by atoms with Gasteiger partial charge in [-0.1, -0.05) is 55.7 Å². The fraction of sp³-hybridized carbons (Fsp3) is 0.400. The molecule has 0 N–H and O–H groups in total. The lowest BCUT2D eigenvalue weighted by Gasteiger charge is -2.31. The standard InChI is InChI=1S/C25H29N3OS/c1-27(21-8-3-2-4-9-21)25(29)20-15-13-19(14-16-20)18-28-23-11-6-5-10-22(23)26-24(28)12-7-17-30/h5-6,10-11,13-17,21H,2-4,7-9,12,18H2,1H3. The first-order valence-electron chi connectivity index (χ1n) is 10.9. The van der Waals surface area contributed by atoms with Gasteiger partial charge in [0.05, 0.1) is 11.0 Å². The second-order valence-electron chi connectivity index (χ2n) is 8.21. The minimum atomic E-state index is 0.128. The van der Waals surface area contributed by atoms with Gasteiger partial charge in [0, 0.05) is 31.6 Å². The number of nitrogens with zero attached hydrogens (tertiary/aromatic N) is 3. The highest BCUT2D eigenvalue weighted by Crippen LogP contribution is 2.23. The van der Waals surface area contributed by atoms with Crippen molar-refractivity contribution in [2.45, 2.75) is 57.5 Å². The average Bonchev–Trinajstić information content (AvgIpc) is 3.15. The summed E-state index contributed by atoms with van der Waals surface area (Å²) in [7, 11) is 1.95. The van der Waals surface area contributed by atoms with Gasteiger partial charge in [-0.25, -0.2) is 4.98 Å². The van der Waals surface area contributed by atoms with E-state index in [0.29, 0.717) is 6.04 Å². The first kappa shape index (κ1) is 20.7. The molecule has 2 aromatic carbocycles. The maximum absolute atomic E-state index is 12.9. The third-order valence-corrected chi connectivity index (χ3v) is 6.44. The molecule has 1 aliphatic carbocycles. The molecule has 0 radical (unpaired) electrons. The highest BCUT2D eigenvalue weighted by molar-refractivity contribution is 7.78. The zero-order chi connectivity index (χ0) is 20.9. The van der Waals surface area contributed by atoms with Crippen LogP contribution in [0.2, 0.25) is 0 Å². The molecular formula is C25H29N3OS. The number of aryl methyl sites for hydroxylation is 1. The predicted octanol–water partition coefficient (Wildman–Crippen LogP) is 5.42. The second kappa shape index (κ2) is 9.52. The maximum Gasteiger partial charge on any atom is 0.253 e. The van der Waals surface area contributed by atoms with Crippen LogP contribution in [0.5, 0.6) is 0 Å². The number of carbonyl (C=O) groups excluding carboxylic acids is 1. The van der Waals surface area contributed by atoms with E-state index in [-0.39, 0.29) is 5.91 Å². The SMILES string of the molecule is CN(C(=O)c1ccc(Cn2c(CCC=S)nc3ccccc32)cc1)C1CCCCC1. The quantitative estimate of drug-likeness (QED) is 0.480. The Hall–Kier alpha value is -2.53. The third-order valence-electron chi connectivity index (χ3n) is 6.20. The number of hydrogen-bond donors (Lipinski definition) is 0. The van der Waals surface area contributed by atoms with Gasteiger partial charge in [0.15, 0.2) is 0 Å². The van der Waals surface area contributed by atoms with Crippen molar-refractivity contribution in [3.63, 3.8) is 0 Å². The molecule has 1 heterocycles. The van der Waals surface area contributed by atoms with Gasteiger partial charge in [0.2, 0.25) is 0 Å². The van der Waals surface area contributed by atoms with Crippen LogP contribution in [-0.2, 0) is 13.0 Å².